The lowest BCUT2D eigenvalue weighted by Crippen LogP contribution is -2.44. The maximum atomic E-state index is 11.3. The third-order valence-corrected chi connectivity index (χ3v) is 2.83. The predicted octanol–water partition coefficient (Wildman–Crippen LogP) is 0.973. The Hall–Kier alpha value is -0.530. The highest BCUT2D eigenvalue weighted by Crippen LogP contribution is 1.96. The summed E-state index contributed by atoms with van der Waals surface area (Å²) in [5.41, 5.74) is 0. The number of halogens is 1. The highest BCUT2D eigenvalue weighted by atomic mass is 35.5. The van der Waals surface area contributed by atoms with Gasteiger partial charge >= 0.3 is 16.3 Å². The first kappa shape index (κ1) is 15.5. The summed E-state index contributed by atoms with van der Waals surface area (Å²) in [6, 6.07) is -0.346. The standard InChI is InChI=1S/C8H17ClN2O4S/c1-6(2)15-8(12)11-16(13,14)10-7(3)4-5-9/h6-7,10H,4-5H2,1-3H3,(H,11,12). The molecule has 0 radical (unpaired) electrons. The first-order valence-electron chi connectivity index (χ1n) is 4.83. The fourth-order valence-electron chi connectivity index (χ4n) is 0.865. The van der Waals surface area contributed by atoms with E-state index in [0.29, 0.717) is 12.3 Å². The average molecular weight is 273 g/mol. The number of ether oxygens (including phenoxy) is 1. The van der Waals surface area contributed by atoms with Gasteiger partial charge in [0.25, 0.3) is 0 Å². The van der Waals surface area contributed by atoms with Crippen LogP contribution in [-0.4, -0.2) is 32.5 Å². The highest BCUT2D eigenvalue weighted by Gasteiger charge is 2.18. The minimum absolute atomic E-state index is 0.333. The summed E-state index contributed by atoms with van der Waals surface area (Å²) in [7, 11) is -3.88. The normalized spacial score (nSPS) is 13.6. The second kappa shape index (κ2) is 6.93. The molecule has 0 saturated carbocycles. The van der Waals surface area contributed by atoms with Crippen molar-refractivity contribution >= 4 is 27.9 Å². The summed E-state index contributed by atoms with van der Waals surface area (Å²) in [6.45, 7) is 4.89. The molecule has 8 heteroatoms. The van der Waals surface area contributed by atoms with E-state index in [1.165, 1.54) is 0 Å². The van der Waals surface area contributed by atoms with Crippen LogP contribution < -0.4 is 9.44 Å². The molecule has 6 nitrogen and oxygen atoms in total. The number of amides is 1. The number of hydrogen-bond acceptors (Lipinski definition) is 4. The molecular weight excluding hydrogens is 256 g/mol. The first-order valence-corrected chi connectivity index (χ1v) is 6.85. The van der Waals surface area contributed by atoms with Crippen LogP contribution in [0.25, 0.3) is 0 Å². The topological polar surface area (TPSA) is 84.5 Å². The number of alkyl halides is 1. The van der Waals surface area contributed by atoms with Crippen LogP contribution >= 0.6 is 11.6 Å². The fourth-order valence-corrected chi connectivity index (χ4v) is 2.17. The SMILES string of the molecule is CC(CCCl)NS(=O)(=O)NC(=O)OC(C)C. The summed E-state index contributed by atoms with van der Waals surface area (Å²) < 4.78 is 31.3. The van der Waals surface area contributed by atoms with E-state index < -0.39 is 16.3 Å². The largest absolute Gasteiger partial charge is 0.446 e. The van der Waals surface area contributed by atoms with Gasteiger partial charge in [0.1, 0.15) is 0 Å². The molecule has 0 aliphatic carbocycles. The first-order chi connectivity index (χ1) is 7.26. The van der Waals surface area contributed by atoms with Crippen LogP contribution in [0.1, 0.15) is 27.2 Å². The highest BCUT2D eigenvalue weighted by molar-refractivity contribution is 7.88. The van der Waals surface area contributed by atoms with Crippen LogP contribution in [0, 0.1) is 0 Å². The Morgan fingerprint density at radius 3 is 2.38 bits per heavy atom. The van der Waals surface area contributed by atoms with Crippen LogP contribution in [0.4, 0.5) is 4.79 Å². The van der Waals surface area contributed by atoms with Crippen LogP contribution in [-0.2, 0) is 14.9 Å². The molecule has 0 fully saturated rings. The molecule has 0 aliphatic heterocycles. The quantitative estimate of drug-likeness (QED) is 0.706. The number of nitrogens with one attached hydrogen (secondary N) is 2. The van der Waals surface area contributed by atoms with E-state index in [2.05, 4.69) is 9.46 Å². The van der Waals surface area contributed by atoms with Crippen molar-refractivity contribution in [3.63, 3.8) is 0 Å². The summed E-state index contributed by atoms with van der Waals surface area (Å²) >= 11 is 5.45. The summed E-state index contributed by atoms with van der Waals surface area (Å²) in [5.74, 6) is 0.333. The molecule has 0 aromatic heterocycles. The molecule has 0 aliphatic rings. The Labute approximate surface area is 101 Å². The van der Waals surface area contributed by atoms with Gasteiger partial charge in [0.05, 0.1) is 6.10 Å². The fraction of sp³-hybridized carbons (Fsp3) is 0.875. The van der Waals surface area contributed by atoms with Crippen molar-refractivity contribution in [2.24, 2.45) is 0 Å². The molecule has 1 amide bonds. The van der Waals surface area contributed by atoms with Gasteiger partial charge in [0.2, 0.25) is 0 Å². The Kier molecular flexibility index (Phi) is 6.70. The van der Waals surface area contributed by atoms with E-state index in [0.717, 1.165) is 0 Å². The number of carbonyl (C=O) groups is 1. The average Bonchev–Trinajstić information content (AvgIpc) is 1.98. The van der Waals surface area contributed by atoms with E-state index in [-0.39, 0.29) is 12.1 Å². The van der Waals surface area contributed by atoms with E-state index in [9.17, 15) is 13.2 Å². The van der Waals surface area contributed by atoms with Gasteiger partial charge < -0.3 is 4.74 Å². The molecule has 16 heavy (non-hydrogen) atoms. The number of hydrogen-bond donors (Lipinski definition) is 2. The van der Waals surface area contributed by atoms with Crippen LogP contribution in [0.15, 0.2) is 0 Å². The molecule has 0 saturated heterocycles. The van der Waals surface area contributed by atoms with Crippen molar-refractivity contribution in [2.75, 3.05) is 5.88 Å². The Morgan fingerprint density at radius 2 is 1.94 bits per heavy atom. The van der Waals surface area contributed by atoms with E-state index in [4.69, 9.17) is 11.6 Å². The van der Waals surface area contributed by atoms with Crippen molar-refractivity contribution in [3.05, 3.63) is 0 Å². The molecule has 1 atom stereocenters. The second-order valence-corrected chi connectivity index (χ2v) is 5.38. The minimum atomic E-state index is -3.88. The summed E-state index contributed by atoms with van der Waals surface area (Å²) in [4.78, 5) is 11.0. The molecule has 0 rings (SSSR count). The molecule has 0 bridgehead atoms. The molecule has 0 aromatic carbocycles. The summed E-state index contributed by atoms with van der Waals surface area (Å²) in [6.07, 6.45) is -0.905. The molecule has 1 unspecified atom stereocenters. The van der Waals surface area contributed by atoms with Crippen molar-refractivity contribution in [1.82, 2.24) is 9.44 Å². The van der Waals surface area contributed by atoms with Gasteiger partial charge in [0.15, 0.2) is 0 Å². The van der Waals surface area contributed by atoms with Crippen LogP contribution in [0.5, 0.6) is 0 Å². The number of rotatable bonds is 6. The van der Waals surface area contributed by atoms with Gasteiger partial charge in [-0.05, 0) is 27.2 Å². The Morgan fingerprint density at radius 1 is 1.38 bits per heavy atom. The van der Waals surface area contributed by atoms with Crippen molar-refractivity contribution in [3.8, 4) is 0 Å². The van der Waals surface area contributed by atoms with Crippen molar-refractivity contribution in [2.45, 2.75) is 39.3 Å². The van der Waals surface area contributed by atoms with Gasteiger partial charge in [-0.1, -0.05) is 0 Å². The zero-order chi connectivity index (χ0) is 12.8. The van der Waals surface area contributed by atoms with Gasteiger partial charge in [-0.3, -0.25) is 0 Å². The van der Waals surface area contributed by atoms with Gasteiger partial charge in [-0.25, -0.2) is 9.52 Å². The molecular formula is C8H17ClN2O4S. The third kappa shape index (κ3) is 7.72. The lowest BCUT2D eigenvalue weighted by atomic mass is 10.3. The predicted molar refractivity (Wildman–Crippen MR) is 61.6 cm³/mol. The van der Waals surface area contributed by atoms with Crippen LogP contribution in [0.2, 0.25) is 0 Å². The van der Waals surface area contributed by atoms with Crippen LogP contribution in [0.3, 0.4) is 0 Å². The van der Waals surface area contributed by atoms with Crippen molar-refractivity contribution < 1.29 is 17.9 Å². The zero-order valence-corrected chi connectivity index (χ0v) is 11.1. The molecule has 0 heterocycles. The lowest BCUT2D eigenvalue weighted by molar-refractivity contribution is 0.121. The maximum Gasteiger partial charge on any atom is 0.422 e. The zero-order valence-electron chi connectivity index (χ0n) is 9.49. The van der Waals surface area contributed by atoms with E-state index >= 15 is 0 Å². The monoisotopic (exact) mass is 272 g/mol. The molecule has 2 N–H and O–H groups in total. The smallest absolute Gasteiger partial charge is 0.422 e. The van der Waals surface area contributed by atoms with Gasteiger partial charge in [-0.15, -0.1) is 11.6 Å². The van der Waals surface area contributed by atoms with E-state index in [1.54, 1.807) is 25.5 Å². The van der Waals surface area contributed by atoms with Gasteiger partial charge in [0, 0.05) is 11.9 Å². The maximum absolute atomic E-state index is 11.3. The Bertz CT molecular complexity index is 318. The lowest BCUT2D eigenvalue weighted by Gasteiger charge is -2.14. The summed E-state index contributed by atoms with van der Waals surface area (Å²) in [5, 5.41) is 0. The number of carbonyl (C=O) groups excluding carboxylic acids is 1. The molecule has 96 valence electrons. The van der Waals surface area contributed by atoms with Gasteiger partial charge in [-0.2, -0.15) is 13.1 Å². The van der Waals surface area contributed by atoms with E-state index in [1.807, 2.05) is 0 Å². The molecule has 0 spiro atoms. The second-order valence-electron chi connectivity index (χ2n) is 3.56. The molecule has 0 aromatic rings. The minimum Gasteiger partial charge on any atom is -0.446 e. The third-order valence-electron chi connectivity index (χ3n) is 1.46. The Balaban J connectivity index is 4.19. The van der Waals surface area contributed by atoms with Crippen molar-refractivity contribution in [1.29, 1.82) is 0 Å².